The molecule has 0 amide bonds. The largest absolute Gasteiger partial charge is 0.354 e. The molecule has 0 aliphatic carbocycles. The van der Waals surface area contributed by atoms with E-state index in [-0.39, 0.29) is 0 Å². The summed E-state index contributed by atoms with van der Waals surface area (Å²) in [6.07, 6.45) is 0. The van der Waals surface area contributed by atoms with Crippen LogP contribution in [0, 0.1) is 3.70 Å². The second kappa shape index (κ2) is 4.23. The molecule has 0 spiro atoms. The molecular weight excluding hydrogens is 277 g/mol. The van der Waals surface area contributed by atoms with Crippen molar-refractivity contribution in [1.29, 1.82) is 0 Å². The predicted molar refractivity (Wildman–Crippen MR) is 62.0 cm³/mol. The molecule has 0 saturated carbocycles. The van der Waals surface area contributed by atoms with Crippen molar-refractivity contribution in [3.8, 4) is 0 Å². The van der Waals surface area contributed by atoms with E-state index in [2.05, 4.69) is 49.9 Å². The van der Waals surface area contributed by atoms with Crippen LogP contribution in [0.1, 0.15) is 0 Å². The molecule has 0 aromatic carbocycles. The molecule has 0 bridgehead atoms. The summed E-state index contributed by atoms with van der Waals surface area (Å²) in [5.74, 6) is 1.11. The molecule has 1 saturated heterocycles. The molecule has 70 valence electrons. The lowest BCUT2D eigenvalue weighted by molar-refractivity contribution is 0.584. The Kier molecular flexibility index (Phi) is 3.00. The van der Waals surface area contributed by atoms with Crippen molar-refractivity contribution in [1.82, 2.24) is 10.3 Å². The number of hydrogen-bond donors (Lipinski definition) is 1. The normalized spacial score (nSPS) is 17.5. The van der Waals surface area contributed by atoms with E-state index in [1.54, 1.807) is 0 Å². The van der Waals surface area contributed by atoms with Crippen LogP contribution in [-0.4, -0.2) is 31.2 Å². The molecule has 0 atom stereocenters. The van der Waals surface area contributed by atoms with Crippen LogP contribution in [0.2, 0.25) is 0 Å². The highest BCUT2D eigenvalue weighted by Gasteiger charge is 2.10. The topological polar surface area (TPSA) is 28.2 Å². The van der Waals surface area contributed by atoms with Crippen LogP contribution in [0.5, 0.6) is 0 Å². The third-order valence-electron chi connectivity index (χ3n) is 2.14. The van der Waals surface area contributed by atoms with Crippen molar-refractivity contribution >= 4 is 28.4 Å². The van der Waals surface area contributed by atoms with Crippen LogP contribution in [0.3, 0.4) is 0 Å². The molecule has 1 fully saturated rings. The van der Waals surface area contributed by atoms with E-state index >= 15 is 0 Å². The highest BCUT2D eigenvalue weighted by molar-refractivity contribution is 14.1. The Labute approximate surface area is 91.7 Å². The number of nitrogens with one attached hydrogen (secondary N) is 1. The second-order valence-corrected chi connectivity index (χ2v) is 4.16. The quantitative estimate of drug-likeness (QED) is 0.620. The fourth-order valence-electron chi connectivity index (χ4n) is 1.47. The Bertz CT molecular complexity index is 284. The second-order valence-electron chi connectivity index (χ2n) is 3.06. The van der Waals surface area contributed by atoms with Gasteiger partial charge in [-0.25, -0.2) is 4.98 Å². The zero-order valence-electron chi connectivity index (χ0n) is 7.33. The highest BCUT2D eigenvalue weighted by atomic mass is 127. The highest BCUT2D eigenvalue weighted by Crippen LogP contribution is 2.12. The van der Waals surface area contributed by atoms with E-state index in [1.807, 2.05) is 6.07 Å². The lowest BCUT2D eigenvalue weighted by atomic mass is 10.3. The average Bonchev–Trinajstić information content (AvgIpc) is 2.19. The monoisotopic (exact) mass is 289 g/mol. The van der Waals surface area contributed by atoms with Crippen molar-refractivity contribution in [2.75, 3.05) is 31.1 Å². The molecule has 1 aliphatic heterocycles. The number of pyridine rings is 1. The Morgan fingerprint density at radius 3 is 2.77 bits per heavy atom. The van der Waals surface area contributed by atoms with Crippen molar-refractivity contribution in [3.05, 3.63) is 21.9 Å². The van der Waals surface area contributed by atoms with Gasteiger partial charge in [0.1, 0.15) is 9.52 Å². The minimum absolute atomic E-state index is 1.06. The van der Waals surface area contributed by atoms with Gasteiger partial charge in [0.2, 0.25) is 0 Å². The number of halogens is 1. The lowest BCUT2D eigenvalue weighted by Gasteiger charge is -2.28. The van der Waals surface area contributed by atoms with E-state index in [1.165, 1.54) is 0 Å². The van der Waals surface area contributed by atoms with Crippen LogP contribution in [0.15, 0.2) is 18.2 Å². The maximum Gasteiger partial charge on any atom is 0.129 e. The van der Waals surface area contributed by atoms with Crippen LogP contribution in [0.25, 0.3) is 0 Å². The molecule has 2 rings (SSSR count). The number of aromatic nitrogens is 1. The molecule has 13 heavy (non-hydrogen) atoms. The van der Waals surface area contributed by atoms with Crippen LogP contribution in [0.4, 0.5) is 5.82 Å². The molecule has 0 radical (unpaired) electrons. The number of nitrogens with zero attached hydrogens (tertiary/aromatic N) is 2. The number of hydrogen-bond acceptors (Lipinski definition) is 3. The van der Waals surface area contributed by atoms with Crippen LogP contribution < -0.4 is 10.2 Å². The first kappa shape index (κ1) is 9.21. The van der Waals surface area contributed by atoms with Crippen LogP contribution >= 0.6 is 22.6 Å². The minimum atomic E-state index is 1.06. The molecule has 2 heterocycles. The Hall–Kier alpha value is -0.360. The number of anilines is 1. The summed E-state index contributed by atoms with van der Waals surface area (Å²) in [4.78, 5) is 6.80. The first-order valence-electron chi connectivity index (χ1n) is 4.44. The SMILES string of the molecule is Ic1cccc(N2CCNCC2)n1. The first-order chi connectivity index (χ1) is 6.36. The number of piperazine rings is 1. The van der Waals surface area contributed by atoms with Gasteiger partial charge >= 0.3 is 0 Å². The Morgan fingerprint density at radius 2 is 2.08 bits per heavy atom. The van der Waals surface area contributed by atoms with Gasteiger partial charge in [-0.2, -0.15) is 0 Å². The fourth-order valence-corrected chi connectivity index (χ4v) is 1.92. The average molecular weight is 289 g/mol. The van der Waals surface area contributed by atoms with E-state index in [0.29, 0.717) is 0 Å². The maximum atomic E-state index is 4.48. The summed E-state index contributed by atoms with van der Waals surface area (Å²) < 4.78 is 1.06. The van der Waals surface area contributed by atoms with Crippen molar-refractivity contribution < 1.29 is 0 Å². The van der Waals surface area contributed by atoms with Gasteiger partial charge in [0.25, 0.3) is 0 Å². The van der Waals surface area contributed by atoms with Crippen molar-refractivity contribution in [3.63, 3.8) is 0 Å². The predicted octanol–water partition coefficient (Wildman–Crippen LogP) is 1.10. The third-order valence-corrected chi connectivity index (χ3v) is 2.74. The van der Waals surface area contributed by atoms with E-state index in [4.69, 9.17) is 0 Å². The molecule has 1 aromatic heterocycles. The van der Waals surface area contributed by atoms with Crippen molar-refractivity contribution in [2.24, 2.45) is 0 Å². The van der Waals surface area contributed by atoms with Gasteiger partial charge in [0.15, 0.2) is 0 Å². The smallest absolute Gasteiger partial charge is 0.129 e. The van der Waals surface area contributed by atoms with Crippen molar-refractivity contribution in [2.45, 2.75) is 0 Å². The van der Waals surface area contributed by atoms with Gasteiger partial charge < -0.3 is 10.2 Å². The summed E-state index contributed by atoms with van der Waals surface area (Å²) in [6.45, 7) is 4.25. The molecule has 1 N–H and O–H groups in total. The zero-order valence-corrected chi connectivity index (χ0v) is 9.49. The summed E-state index contributed by atoms with van der Waals surface area (Å²) in [6, 6.07) is 6.16. The van der Waals surface area contributed by atoms with Gasteiger partial charge in [-0.05, 0) is 34.7 Å². The standard InChI is InChI=1S/C9H12IN3/c10-8-2-1-3-9(12-8)13-6-4-11-5-7-13/h1-3,11H,4-7H2. The first-order valence-corrected chi connectivity index (χ1v) is 5.52. The maximum absolute atomic E-state index is 4.48. The molecule has 4 heteroatoms. The molecule has 1 aliphatic rings. The van der Waals surface area contributed by atoms with Gasteiger partial charge in [-0.15, -0.1) is 0 Å². The summed E-state index contributed by atoms with van der Waals surface area (Å²) in [5, 5.41) is 3.33. The Morgan fingerprint density at radius 1 is 1.31 bits per heavy atom. The summed E-state index contributed by atoms with van der Waals surface area (Å²) in [5.41, 5.74) is 0. The van der Waals surface area contributed by atoms with E-state index < -0.39 is 0 Å². The van der Waals surface area contributed by atoms with Gasteiger partial charge in [0, 0.05) is 26.2 Å². The molecular formula is C9H12IN3. The molecule has 1 aromatic rings. The van der Waals surface area contributed by atoms with Gasteiger partial charge in [-0.3, -0.25) is 0 Å². The van der Waals surface area contributed by atoms with Gasteiger partial charge in [0.05, 0.1) is 0 Å². The third kappa shape index (κ3) is 2.31. The van der Waals surface area contributed by atoms with Crippen LogP contribution in [-0.2, 0) is 0 Å². The lowest BCUT2D eigenvalue weighted by Crippen LogP contribution is -2.43. The van der Waals surface area contributed by atoms with E-state index in [9.17, 15) is 0 Å². The minimum Gasteiger partial charge on any atom is -0.354 e. The molecule has 0 unspecified atom stereocenters. The Balaban J connectivity index is 2.14. The molecule has 3 nitrogen and oxygen atoms in total. The number of rotatable bonds is 1. The summed E-state index contributed by atoms with van der Waals surface area (Å²) in [7, 11) is 0. The van der Waals surface area contributed by atoms with E-state index in [0.717, 1.165) is 35.7 Å². The van der Waals surface area contributed by atoms with Gasteiger partial charge in [-0.1, -0.05) is 6.07 Å². The zero-order chi connectivity index (χ0) is 9.10. The fraction of sp³-hybridized carbons (Fsp3) is 0.444. The summed E-state index contributed by atoms with van der Waals surface area (Å²) >= 11 is 2.25.